The monoisotopic (exact) mass is 637 g/mol. The molecule has 4 rings (SSSR count). The van der Waals surface area contributed by atoms with E-state index in [4.69, 9.17) is 4.74 Å². The third kappa shape index (κ3) is 8.57. The SMILES string of the molecule is CCOc1ccc(N(CC(=O)N(Cc2cccc(C)c2)C(C)C(=O)NC2CCCCC2)S(=O)(=O)c2ccc(SC)cc2)cc1. The van der Waals surface area contributed by atoms with Crippen molar-refractivity contribution in [2.75, 3.05) is 23.7 Å². The molecule has 2 amide bonds. The molecule has 1 atom stereocenters. The van der Waals surface area contributed by atoms with Gasteiger partial charge in [-0.25, -0.2) is 8.42 Å². The van der Waals surface area contributed by atoms with Crippen LogP contribution >= 0.6 is 11.8 Å². The molecule has 236 valence electrons. The van der Waals surface area contributed by atoms with Crippen molar-refractivity contribution in [2.24, 2.45) is 0 Å². The Morgan fingerprint density at radius 2 is 1.68 bits per heavy atom. The number of ether oxygens (including phenoxy) is 1. The van der Waals surface area contributed by atoms with Gasteiger partial charge in [0.15, 0.2) is 0 Å². The van der Waals surface area contributed by atoms with E-state index in [2.05, 4.69) is 5.32 Å². The van der Waals surface area contributed by atoms with Crippen molar-refractivity contribution in [3.8, 4) is 5.75 Å². The average molecular weight is 638 g/mol. The third-order valence-electron chi connectivity index (χ3n) is 7.92. The molecule has 1 saturated carbocycles. The van der Waals surface area contributed by atoms with Gasteiger partial charge in [0, 0.05) is 17.5 Å². The molecule has 1 aliphatic rings. The largest absolute Gasteiger partial charge is 0.494 e. The summed E-state index contributed by atoms with van der Waals surface area (Å²) >= 11 is 1.51. The zero-order valence-electron chi connectivity index (χ0n) is 26.0. The minimum absolute atomic E-state index is 0.0744. The van der Waals surface area contributed by atoms with Crippen LogP contribution in [-0.4, -0.2) is 56.6 Å². The van der Waals surface area contributed by atoms with E-state index in [0.29, 0.717) is 18.0 Å². The number of hydrogen-bond acceptors (Lipinski definition) is 6. The first kappa shape index (κ1) is 33.4. The van der Waals surface area contributed by atoms with Gasteiger partial charge in [0.05, 0.1) is 17.2 Å². The number of sulfonamides is 1. The predicted octanol–water partition coefficient (Wildman–Crippen LogP) is 6.18. The smallest absolute Gasteiger partial charge is 0.264 e. The highest BCUT2D eigenvalue weighted by Gasteiger charge is 2.33. The molecule has 0 aromatic heterocycles. The van der Waals surface area contributed by atoms with E-state index in [1.807, 2.05) is 44.4 Å². The maximum Gasteiger partial charge on any atom is 0.264 e. The number of thioether (sulfide) groups is 1. The lowest BCUT2D eigenvalue weighted by molar-refractivity contribution is -0.139. The molecule has 0 saturated heterocycles. The van der Waals surface area contributed by atoms with Gasteiger partial charge >= 0.3 is 0 Å². The molecule has 1 N–H and O–H groups in total. The van der Waals surface area contributed by atoms with Crippen molar-refractivity contribution in [1.82, 2.24) is 10.2 Å². The number of benzene rings is 3. The molecule has 1 fully saturated rings. The third-order valence-corrected chi connectivity index (χ3v) is 10.4. The highest BCUT2D eigenvalue weighted by Crippen LogP contribution is 2.28. The summed E-state index contributed by atoms with van der Waals surface area (Å²) in [5, 5.41) is 3.14. The molecule has 0 bridgehead atoms. The molecule has 1 aliphatic carbocycles. The summed E-state index contributed by atoms with van der Waals surface area (Å²) in [6.07, 6.45) is 7.06. The van der Waals surface area contributed by atoms with E-state index < -0.39 is 28.5 Å². The molecule has 10 heteroatoms. The minimum Gasteiger partial charge on any atom is -0.494 e. The normalized spacial score (nSPS) is 14.5. The Morgan fingerprint density at radius 3 is 2.30 bits per heavy atom. The standard InChI is InChI=1S/C34H43N3O5S2/c1-5-42-30-16-14-29(15-17-30)37(44(40,41)32-20-18-31(43-4)19-21-32)24-33(38)36(23-27-11-9-10-25(2)22-27)26(3)34(39)35-28-12-7-6-8-13-28/h9-11,14-22,26,28H,5-8,12-13,23-24H2,1-4H3,(H,35,39). The van der Waals surface area contributed by atoms with Crippen molar-refractivity contribution in [2.45, 2.75) is 81.3 Å². The Labute approximate surface area is 266 Å². The van der Waals surface area contributed by atoms with Gasteiger partial charge in [-0.15, -0.1) is 11.8 Å². The Balaban J connectivity index is 1.68. The molecular weight excluding hydrogens is 595 g/mol. The van der Waals surface area contributed by atoms with Gasteiger partial charge in [0.25, 0.3) is 10.0 Å². The fourth-order valence-corrected chi connectivity index (χ4v) is 7.26. The second-order valence-electron chi connectivity index (χ2n) is 11.1. The number of amides is 2. The molecule has 44 heavy (non-hydrogen) atoms. The predicted molar refractivity (Wildman–Crippen MR) is 177 cm³/mol. The summed E-state index contributed by atoms with van der Waals surface area (Å²) in [4.78, 5) is 30.2. The van der Waals surface area contributed by atoms with Gasteiger partial charge in [-0.3, -0.25) is 13.9 Å². The fraction of sp³-hybridized carbons (Fsp3) is 0.412. The van der Waals surface area contributed by atoms with Crippen LogP contribution in [0.2, 0.25) is 0 Å². The summed E-state index contributed by atoms with van der Waals surface area (Å²) < 4.78 is 34.9. The molecule has 3 aromatic carbocycles. The lowest BCUT2D eigenvalue weighted by Gasteiger charge is -2.33. The molecule has 0 spiro atoms. The second-order valence-corrected chi connectivity index (χ2v) is 13.9. The number of anilines is 1. The van der Waals surface area contributed by atoms with Gasteiger partial charge < -0.3 is 15.0 Å². The van der Waals surface area contributed by atoms with Crippen LogP contribution in [0.25, 0.3) is 0 Å². The molecule has 8 nitrogen and oxygen atoms in total. The van der Waals surface area contributed by atoms with Gasteiger partial charge in [-0.2, -0.15) is 0 Å². The average Bonchev–Trinajstić information content (AvgIpc) is 3.03. The molecule has 1 unspecified atom stereocenters. The zero-order chi connectivity index (χ0) is 31.7. The van der Waals surface area contributed by atoms with Crippen LogP contribution in [-0.2, 0) is 26.2 Å². The van der Waals surface area contributed by atoms with E-state index >= 15 is 0 Å². The number of hydrogen-bond donors (Lipinski definition) is 1. The van der Waals surface area contributed by atoms with Gasteiger partial charge in [-0.1, -0.05) is 49.1 Å². The Morgan fingerprint density at radius 1 is 1.00 bits per heavy atom. The lowest BCUT2D eigenvalue weighted by atomic mass is 9.95. The van der Waals surface area contributed by atoms with Crippen molar-refractivity contribution >= 4 is 39.3 Å². The van der Waals surface area contributed by atoms with E-state index in [1.54, 1.807) is 55.5 Å². The number of carbonyl (C=O) groups is 2. The number of rotatable bonds is 13. The quantitative estimate of drug-likeness (QED) is 0.225. The molecular formula is C34H43N3O5S2. The van der Waals surface area contributed by atoms with E-state index in [1.165, 1.54) is 16.7 Å². The number of nitrogens with zero attached hydrogens (tertiary/aromatic N) is 2. The minimum atomic E-state index is -4.15. The lowest BCUT2D eigenvalue weighted by Crippen LogP contribution is -2.53. The van der Waals surface area contributed by atoms with Crippen LogP contribution in [0.15, 0.2) is 82.6 Å². The zero-order valence-corrected chi connectivity index (χ0v) is 27.6. The van der Waals surface area contributed by atoms with Crippen LogP contribution in [0.4, 0.5) is 5.69 Å². The van der Waals surface area contributed by atoms with Crippen molar-refractivity contribution < 1.29 is 22.7 Å². The van der Waals surface area contributed by atoms with Crippen molar-refractivity contribution in [3.63, 3.8) is 0 Å². The van der Waals surface area contributed by atoms with Gasteiger partial charge in [0.2, 0.25) is 11.8 Å². The number of aryl methyl sites for hydroxylation is 1. The van der Waals surface area contributed by atoms with Crippen LogP contribution in [0.5, 0.6) is 5.75 Å². The summed E-state index contributed by atoms with van der Waals surface area (Å²) in [6.45, 7) is 5.71. The first-order valence-electron chi connectivity index (χ1n) is 15.2. The summed E-state index contributed by atoms with van der Waals surface area (Å²) in [5.41, 5.74) is 2.21. The topological polar surface area (TPSA) is 96.0 Å². The summed E-state index contributed by atoms with van der Waals surface area (Å²) in [6, 6.07) is 20.3. The summed E-state index contributed by atoms with van der Waals surface area (Å²) in [7, 11) is -4.15. The first-order valence-corrected chi connectivity index (χ1v) is 17.8. The number of carbonyl (C=O) groups excluding carboxylic acids is 2. The molecule has 0 aliphatic heterocycles. The van der Waals surface area contributed by atoms with Crippen LogP contribution in [0.3, 0.4) is 0 Å². The second kappa shape index (κ2) is 15.5. The molecule has 0 radical (unpaired) electrons. The van der Waals surface area contributed by atoms with Crippen LogP contribution < -0.4 is 14.4 Å². The first-order chi connectivity index (χ1) is 21.1. The Bertz CT molecular complexity index is 1500. The van der Waals surface area contributed by atoms with E-state index in [-0.39, 0.29) is 23.4 Å². The summed E-state index contributed by atoms with van der Waals surface area (Å²) in [5.74, 6) is -0.115. The fourth-order valence-electron chi connectivity index (χ4n) is 5.44. The molecule has 3 aromatic rings. The molecule has 0 heterocycles. The maximum absolute atomic E-state index is 14.2. The van der Waals surface area contributed by atoms with E-state index in [0.717, 1.165) is 52.4 Å². The van der Waals surface area contributed by atoms with Gasteiger partial charge in [-0.05, 0) is 94.0 Å². The van der Waals surface area contributed by atoms with Crippen LogP contribution in [0.1, 0.15) is 57.1 Å². The highest BCUT2D eigenvalue weighted by atomic mass is 32.2. The van der Waals surface area contributed by atoms with Gasteiger partial charge in [0.1, 0.15) is 18.3 Å². The Kier molecular flexibility index (Phi) is 11.7. The number of nitrogens with one attached hydrogen (secondary N) is 1. The van der Waals surface area contributed by atoms with Crippen molar-refractivity contribution in [1.29, 1.82) is 0 Å². The van der Waals surface area contributed by atoms with Crippen molar-refractivity contribution in [3.05, 3.63) is 83.9 Å². The highest BCUT2D eigenvalue weighted by molar-refractivity contribution is 7.98. The Hall–Kier alpha value is -3.50. The van der Waals surface area contributed by atoms with Crippen LogP contribution in [0, 0.1) is 6.92 Å². The van der Waals surface area contributed by atoms with E-state index in [9.17, 15) is 18.0 Å². The maximum atomic E-state index is 14.2.